The number of hydrogen-bond donors (Lipinski definition) is 2. The summed E-state index contributed by atoms with van der Waals surface area (Å²) in [6, 6.07) is 6.90. The van der Waals surface area contributed by atoms with E-state index in [-0.39, 0.29) is 6.29 Å². The van der Waals surface area contributed by atoms with E-state index in [1.165, 1.54) is 0 Å². The van der Waals surface area contributed by atoms with E-state index in [9.17, 15) is 8.42 Å². The second kappa shape index (κ2) is 6.58. The monoisotopic (exact) mass is 274 g/mol. The molecule has 0 unspecified atom stereocenters. The van der Waals surface area contributed by atoms with E-state index in [1.54, 1.807) is 38.5 Å². The van der Waals surface area contributed by atoms with Crippen molar-refractivity contribution in [1.29, 1.82) is 0 Å². The molecule has 7 heteroatoms. The summed E-state index contributed by atoms with van der Waals surface area (Å²) in [7, 11) is -0.105. The lowest BCUT2D eigenvalue weighted by Gasteiger charge is -2.15. The first-order chi connectivity index (χ1) is 8.44. The van der Waals surface area contributed by atoms with Crippen molar-refractivity contribution >= 4 is 21.4 Å². The molecule has 0 atom stereocenters. The predicted octanol–water partition coefficient (Wildman–Crippen LogP) is 1.09. The smallest absolute Gasteiger partial charge is 0.229 e. The molecular formula is C11H18N2O4S. The molecule has 0 aromatic heterocycles. The van der Waals surface area contributed by atoms with Crippen LogP contribution in [0.25, 0.3) is 0 Å². The molecular weight excluding hydrogens is 256 g/mol. The lowest BCUT2D eigenvalue weighted by atomic mass is 10.3. The van der Waals surface area contributed by atoms with Crippen molar-refractivity contribution < 1.29 is 17.9 Å². The Kier molecular flexibility index (Phi) is 5.39. The molecule has 18 heavy (non-hydrogen) atoms. The molecule has 0 aliphatic rings. The Morgan fingerprint density at radius 1 is 1.11 bits per heavy atom. The summed E-state index contributed by atoms with van der Waals surface area (Å²) < 4.78 is 34.5. The molecule has 0 aliphatic carbocycles. The van der Waals surface area contributed by atoms with Crippen molar-refractivity contribution in [3.63, 3.8) is 0 Å². The summed E-state index contributed by atoms with van der Waals surface area (Å²) in [6.45, 7) is 0.506. The highest BCUT2D eigenvalue weighted by atomic mass is 32.2. The quantitative estimate of drug-likeness (QED) is 0.728. The number of nitrogens with one attached hydrogen (secondary N) is 2. The van der Waals surface area contributed by atoms with Gasteiger partial charge in [0.25, 0.3) is 0 Å². The molecule has 0 heterocycles. The van der Waals surface area contributed by atoms with Gasteiger partial charge in [0.2, 0.25) is 10.0 Å². The molecule has 0 aliphatic heterocycles. The van der Waals surface area contributed by atoms with E-state index in [1.807, 2.05) is 0 Å². The highest BCUT2D eigenvalue weighted by Gasteiger charge is 2.05. The van der Waals surface area contributed by atoms with E-state index in [4.69, 9.17) is 9.47 Å². The van der Waals surface area contributed by atoms with E-state index in [0.29, 0.717) is 12.2 Å². The van der Waals surface area contributed by atoms with Gasteiger partial charge in [-0.15, -0.1) is 0 Å². The van der Waals surface area contributed by atoms with Crippen LogP contribution in [-0.4, -0.2) is 41.7 Å². The lowest BCUT2D eigenvalue weighted by Crippen LogP contribution is -2.23. The highest BCUT2D eigenvalue weighted by Crippen LogP contribution is 2.14. The van der Waals surface area contributed by atoms with Crippen LogP contribution in [0.15, 0.2) is 24.3 Å². The Balaban J connectivity index is 2.55. The summed E-state index contributed by atoms with van der Waals surface area (Å²) >= 11 is 0. The number of benzene rings is 1. The number of methoxy groups -OCH3 is 2. The van der Waals surface area contributed by atoms with Crippen LogP contribution >= 0.6 is 0 Å². The zero-order valence-corrected chi connectivity index (χ0v) is 11.5. The van der Waals surface area contributed by atoms with Gasteiger partial charge in [0.1, 0.15) is 0 Å². The molecule has 2 N–H and O–H groups in total. The van der Waals surface area contributed by atoms with E-state index < -0.39 is 10.0 Å². The maximum absolute atomic E-state index is 11.0. The SMILES string of the molecule is COC(CNc1ccc(NS(C)(=O)=O)cc1)OC. The molecule has 0 amide bonds. The number of ether oxygens (including phenoxy) is 2. The van der Waals surface area contributed by atoms with Crippen molar-refractivity contribution in [2.75, 3.05) is 37.1 Å². The van der Waals surface area contributed by atoms with Crippen LogP contribution in [0.2, 0.25) is 0 Å². The van der Waals surface area contributed by atoms with Crippen LogP contribution in [0, 0.1) is 0 Å². The number of rotatable bonds is 7. The van der Waals surface area contributed by atoms with Crippen molar-refractivity contribution in [1.82, 2.24) is 0 Å². The third-order valence-corrected chi connectivity index (χ3v) is 2.79. The number of anilines is 2. The summed E-state index contributed by atoms with van der Waals surface area (Å²) in [6.07, 6.45) is 0.792. The van der Waals surface area contributed by atoms with E-state index in [2.05, 4.69) is 10.0 Å². The molecule has 0 fully saturated rings. The first-order valence-electron chi connectivity index (χ1n) is 5.32. The van der Waals surface area contributed by atoms with Gasteiger partial charge in [-0.1, -0.05) is 0 Å². The second-order valence-electron chi connectivity index (χ2n) is 3.73. The fourth-order valence-electron chi connectivity index (χ4n) is 1.33. The fraction of sp³-hybridized carbons (Fsp3) is 0.455. The van der Waals surface area contributed by atoms with Gasteiger partial charge in [0.05, 0.1) is 12.8 Å². The van der Waals surface area contributed by atoms with E-state index in [0.717, 1.165) is 11.9 Å². The first-order valence-corrected chi connectivity index (χ1v) is 7.21. The van der Waals surface area contributed by atoms with Gasteiger partial charge in [-0.25, -0.2) is 8.42 Å². The minimum absolute atomic E-state index is 0.321. The Morgan fingerprint density at radius 3 is 2.06 bits per heavy atom. The maximum Gasteiger partial charge on any atom is 0.229 e. The van der Waals surface area contributed by atoms with Crippen LogP contribution in [0.4, 0.5) is 11.4 Å². The summed E-state index contributed by atoms with van der Waals surface area (Å²) in [4.78, 5) is 0. The number of hydrogen-bond acceptors (Lipinski definition) is 5. The number of sulfonamides is 1. The molecule has 0 radical (unpaired) electrons. The van der Waals surface area contributed by atoms with Crippen molar-refractivity contribution in [3.8, 4) is 0 Å². The second-order valence-corrected chi connectivity index (χ2v) is 5.48. The lowest BCUT2D eigenvalue weighted by molar-refractivity contribution is -0.0914. The molecule has 102 valence electrons. The molecule has 1 aromatic rings. The zero-order chi connectivity index (χ0) is 13.6. The molecule has 1 aromatic carbocycles. The highest BCUT2D eigenvalue weighted by molar-refractivity contribution is 7.92. The predicted molar refractivity (Wildman–Crippen MR) is 71.2 cm³/mol. The molecule has 0 bridgehead atoms. The Bertz CT molecular complexity index is 454. The molecule has 0 saturated heterocycles. The van der Waals surface area contributed by atoms with Crippen LogP contribution < -0.4 is 10.0 Å². The molecule has 6 nitrogen and oxygen atoms in total. The van der Waals surface area contributed by atoms with Gasteiger partial charge < -0.3 is 14.8 Å². The van der Waals surface area contributed by atoms with Gasteiger partial charge in [-0.3, -0.25) is 4.72 Å². The van der Waals surface area contributed by atoms with Gasteiger partial charge in [0, 0.05) is 25.6 Å². The first kappa shape index (κ1) is 14.7. The molecule has 0 spiro atoms. The van der Waals surface area contributed by atoms with Crippen molar-refractivity contribution in [2.45, 2.75) is 6.29 Å². The third-order valence-electron chi connectivity index (χ3n) is 2.19. The maximum atomic E-state index is 11.0. The summed E-state index contributed by atoms with van der Waals surface area (Å²) in [5.74, 6) is 0. The average molecular weight is 274 g/mol. The summed E-state index contributed by atoms with van der Waals surface area (Å²) in [5, 5.41) is 3.11. The minimum atomic E-state index is -3.23. The van der Waals surface area contributed by atoms with Crippen molar-refractivity contribution in [2.24, 2.45) is 0 Å². The van der Waals surface area contributed by atoms with E-state index >= 15 is 0 Å². The Hall–Kier alpha value is -1.31. The van der Waals surface area contributed by atoms with Crippen LogP contribution in [0.1, 0.15) is 0 Å². The minimum Gasteiger partial charge on any atom is -0.380 e. The largest absolute Gasteiger partial charge is 0.380 e. The van der Waals surface area contributed by atoms with Gasteiger partial charge >= 0.3 is 0 Å². The van der Waals surface area contributed by atoms with Crippen LogP contribution in [-0.2, 0) is 19.5 Å². The Labute approximate surface area is 107 Å². The van der Waals surface area contributed by atoms with Crippen LogP contribution in [0.5, 0.6) is 0 Å². The van der Waals surface area contributed by atoms with Gasteiger partial charge in [-0.05, 0) is 24.3 Å². The van der Waals surface area contributed by atoms with Crippen LogP contribution in [0.3, 0.4) is 0 Å². The average Bonchev–Trinajstić information content (AvgIpc) is 2.30. The standard InChI is InChI=1S/C11H18N2O4S/c1-16-11(17-2)8-12-9-4-6-10(7-5-9)13-18(3,14)15/h4-7,11-13H,8H2,1-3H3. The topological polar surface area (TPSA) is 76.7 Å². The summed E-state index contributed by atoms with van der Waals surface area (Å²) in [5.41, 5.74) is 1.38. The van der Waals surface area contributed by atoms with Gasteiger partial charge in [0.15, 0.2) is 6.29 Å². The van der Waals surface area contributed by atoms with Crippen molar-refractivity contribution in [3.05, 3.63) is 24.3 Å². The molecule has 1 rings (SSSR count). The fourth-order valence-corrected chi connectivity index (χ4v) is 1.90. The zero-order valence-electron chi connectivity index (χ0n) is 10.6. The van der Waals surface area contributed by atoms with Gasteiger partial charge in [-0.2, -0.15) is 0 Å². The molecule has 0 saturated carbocycles. The normalized spacial score (nSPS) is 11.6. The Morgan fingerprint density at radius 2 is 1.61 bits per heavy atom. The third kappa shape index (κ3) is 5.35.